The van der Waals surface area contributed by atoms with Gasteiger partial charge in [-0.05, 0) is 133 Å². The molecule has 0 aliphatic heterocycles. The maximum absolute atomic E-state index is 12.4. The average Bonchev–Trinajstić information content (AvgIpc) is 3.37. The first kappa shape index (κ1) is 58.4. The maximum Gasteiger partial charge on any atom is 0.336 e. The molecule has 0 fully saturated rings. The van der Waals surface area contributed by atoms with Gasteiger partial charge in [0.1, 0.15) is 0 Å². The molecule has 10 rings (SSSR count). The summed E-state index contributed by atoms with van der Waals surface area (Å²) in [5, 5.41) is 28.2. The predicted molar refractivity (Wildman–Crippen MR) is 319 cm³/mol. The van der Waals surface area contributed by atoms with E-state index in [4.69, 9.17) is 20.1 Å². The molecule has 0 amide bonds. The fourth-order valence-corrected chi connectivity index (χ4v) is 10.2. The molecule has 3 N–H and O–H groups in total. The van der Waals surface area contributed by atoms with Crippen molar-refractivity contribution in [2.45, 2.75) is 28.5 Å². The van der Waals surface area contributed by atoms with Crippen molar-refractivity contribution in [3.05, 3.63) is 239 Å². The zero-order valence-corrected chi connectivity index (χ0v) is 47.8. The molecule has 0 spiro atoms. The number of thiol groups is 1. The van der Waals surface area contributed by atoms with Crippen LogP contribution in [-0.2, 0) is 4.79 Å². The number of carbonyl (C=O) groups is 3. The van der Waals surface area contributed by atoms with Gasteiger partial charge in [-0.3, -0.25) is 14.4 Å². The van der Waals surface area contributed by atoms with Gasteiger partial charge in [-0.1, -0.05) is 124 Å². The minimum atomic E-state index is -0.939. The predicted octanol–water partition coefficient (Wildman–Crippen LogP) is 17.2. The molecular weight excluding hydrogens is 1280 g/mol. The van der Waals surface area contributed by atoms with Crippen molar-refractivity contribution < 1.29 is 29.7 Å². The minimum absolute atomic E-state index is 0.124. The average molecular weight is 1330 g/mol. The molecule has 2 heterocycles. The summed E-state index contributed by atoms with van der Waals surface area (Å²) in [4.78, 5) is 57.1. The highest BCUT2D eigenvalue weighted by atomic mass is 127. The first-order chi connectivity index (χ1) is 34.1. The second-order valence-corrected chi connectivity index (χ2v) is 20.3. The number of fused-ring (bicyclic) bond motifs is 4. The van der Waals surface area contributed by atoms with Crippen molar-refractivity contribution in [1.29, 1.82) is 0 Å². The number of hydrogen-bond acceptors (Lipinski definition) is 9. The van der Waals surface area contributed by atoms with Gasteiger partial charge in [-0.15, -0.1) is 35.3 Å². The van der Waals surface area contributed by atoms with Crippen LogP contribution in [0.2, 0.25) is 0 Å². The van der Waals surface area contributed by atoms with E-state index < -0.39 is 17.9 Å². The topological polar surface area (TPSA) is 146 Å². The largest absolute Gasteiger partial charge is 0.481 e. The smallest absolute Gasteiger partial charge is 0.336 e. The van der Waals surface area contributed by atoms with E-state index in [0.29, 0.717) is 10.5 Å². The molecule has 71 heavy (non-hydrogen) atoms. The summed E-state index contributed by atoms with van der Waals surface area (Å²) in [6.45, 7) is 3.09. The van der Waals surface area contributed by atoms with Crippen LogP contribution >= 0.6 is 114 Å². The normalized spacial score (nSPS) is 9.85. The lowest BCUT2D eigenvalue weighted by atomic mass is 10.1. The standard InChI is InChI=1S/C14H9BrOS.C13H10O2S.C13H8OS.C7H6O2S.C6H5I.C2H4O2.Br2/c1-8-2-4-12-10(6-8)14(16)11-7-9(15)3-5-13(11)17-12;14-13(15)11-8-4-5-9-12(11)16-10-6-2-1-3-7-10;14-13-9-5-1-3-7-11(9)15-12-8-4-2-6-10(12)13;8-7(9)5-3-1-2-4-6(5)10;7-6-4-2-1-3-5-6;1-2(3)4;1-2/h2-7H,1H3;1-9H,(H,14,15);1-8H;1-4,10H,(H,8,9);1-5H;1H3,(H,3,4);. The Balaban J connectivity index is 0.000000192. The molecule has 362 valence electrons. The third-order valence-electron chi connectivity index (χ3n) is 9.23. The van der Waals surface area contributed by atoms with Crippen LogP contribution in [0.25, 0.3) is 40.3 Å². The summed E-state index contributed by atoms with van der Waals surface area (Å²) < 4.78 is 6.44. The highest BCUT2D eigenvalue weighted by Crippen LogP contribution is 2.30. The zero-order valence-electron chi connectivity index (χ0n) is 37.5. The lowest BCUT2D eigenvalue weighted by Gasteiger charge is -2.04. The Labute approximate surface area is 465 Å². The molecule has 0 bridgehead atoms. The summed E-state index contributed by atoms with van der Waals surface area (Å²) in [5.41, 5.74) is 1.97. The zero-order chi connectivity index (χ0) is 51.9. The third kappa shape index (κ3) is 18.7. The lowest BCUT2D eigenvalue weighted by molar-refractivity contribution is -0.134. The molecular formula is C55H42Br3IO8S4. The Kier molecular flexibility index (Phi) is 25.2. The van der Waals surface area contributed by atoms with Crippen molar-refractivity contribution in [2.24, 2.45) is 0 Å². The number of rotatable bonds is 4. The van der Waals surface area contributed by atoms with Crippen LogP contribution in [0.1, 0.15) is 33.2 Å². The van der Waals surface area contributed by atoms with E-state index in [-0.39, 0.29) is 16.4 Å². The van der Waals surface area contributed by atoms with Gasteiger partial charge in [0.15, 0.2) is 10.9 Å². The third-order valence-corrected chi connectivity index (χ3v) is 14.2. The summed E-state index contributed by atoms with van der Waals surface area (Å²) >= 11 is 19.9. The van der Waals surface area contributed by atoms with Crippen LogP contribution in [0, 0.1) is 10.5 Å². The van der Waals surface area contributed by atoms with E-state index in [1.54, 1.807) is 53.0 Å². The lowest BCUT2D eigenvalue weighted by Crippen LogP contribution is -2.00. The Bertz CT molecular complexity index is 3360. The first-order valence-corrected chi connectivity index (χ1v) is 29.3. The van der Waals surface area contributed by atoms with Gasteiger partial charge in [0.2, 0.25) is 0 Å². The number of aromatic carboxylic acids is 2. The molecule has 0 saturated carbocycles. The fraction of sp³-hybridized carbons (Fsp3) is 0.0364. The van der Waals surface area contributed by atoms with E-state index in [1.165, 1.54) is 21.4 Å². The minimum Gasteiger partial charge on any atom is -0.481 e. The number of carboxylic acids is 3. The van der Waals surface area contributed by atoms with Gasteiger partial charge in [-0.2, -0.15) is 0 Å². The van der Waals surface area contributed by atoms with Crippen LogP contribution in [0.3, 0.4) is 0 Å². The molecule has 8 nitrogen and oxygen atoms in total. The van der Waals surface area contributed by atoms with Crippen LogP contribution in [-0.4, -0.2) is 33.2 Å². The Hall–Kier alpha value is -5.18. The second-order valence-electron chi connectivity index (χ2n) is 14.3. The highest BCUT2D eigenvalue weighted by molar-refractivity contribution is 14.1. The second kappa shape index (κ2) is 30.6. The molecule has 10 aromatic rings. The number of halogens is 4. The van der Waals surface area contributed by atoms with Gasteiger partial charge in [0, 0.05) is 98.3 Å². The summed E-state index contributed by atoms with van der Waals surface area (Å²) in [6, 6.07) is 61.0. The van der Waals surface area contributed by atoms with Crippen LogP contribution in [0.5, 0.6) is 0 Å². The Morgan fingerprint density at radius 1 is 0.521 bits per heavy atom. The van der Waals surface area contributed by atoms with Crippen molar-refractivity contribution in [3.8, 4) is 0 Å². The van der Waals surface area contributed by atoms with E-state index in [2.05, 4.69) is 91.5 Å². The quantitative estimate of drug-likeness (QED) is 0.0768. The van der Waals surface area contributed by atoms with Gasteiger partial charge in [0.05, 0.1) is 11.1 Å². The number of carboxylic acid groups (broad SMARTS) is 3. The number of aliphatic carboxylic acids is 1. The van der Waals surface area contributed by atoms with Crippen molar-refractivity contribution in [2.75, 3.05) is 0 Å². The van der Waals surface area contributed by atoms with Crippen molar-refractivity contribution in [3.63, 3.8) is 0 Å². The van der Waals surface area contributed by atoms with Gasteiger partial charge in [-0.25, -0.2) is 9.59 Å². The van der Waals surface area contributed by atoms with E-state index in [1.807, 2.05) is 153 Å². The molecule has 0 aliphatic rings. The molecule has 16 heteroatoms. The Morgan fingerprint density at radius 2 is 0.930 bits per heavy atom. The summed E-state index contributed by atoms with van der Waals surface area (Å²) in [6.07, 6.45) is 0. The van der Waals surface area contributed by atoms with Crippen LogP contribution in [0.4, 0.5) is 0 Å². The molecule has 0 aliphatic carbocycles. The van der Waals surface area contributed by atoms with Crippen molar-refractivity contribution >= 4 is 172 Å². The number of hydrogen-bond donors (Lipinski definition) is 4. The molecule has 0 saturated heterocycles. The Morgan fingerprint density at radius 3 is 1.42 bits per heavy atom. The molecule has 0 unspecified atom stereocenters. The van der Waals surface area contributed by atoms with Crippen molar-refractivity contribution in [1.82, 2.24) is 0 Å². The molecule has 8 aromatic carbocycles. The highest BCUT2D eigenvalue weighted by Gasteiger charge is 2.10. The summed E-state index contributed by atoms with van der Waals surface area (Å²) in [7, 11) is 0. The molecule has 0 atom stereocenters. The van der Waals surface area contributed by atoms with Gasteiger partial charge < -0.3 is 15.3 Å². The molecule has 2 aromatic heterocycles. The van der Waals surface area contributed by atoms with Gasteiger partial charge in [0.25, 0.3) is 5.97 Å². The monoisotopic (exact) mass is 1320 g/mol. The van der Waals surface area contributed by atoms with E-state index >= 15 is 0 Å². The SMILES string of the molecule is BrBr.CC(=O)O.Cc1ccc2sc3ccc(Br)cc3c(=O)c2c1.Ic1ccccc1.O=C(O)c1ccccc1S.O=C(O)c1ccccc1Sc1ccccc1.O=c1c2ccccc2sc2ccccc12. The van der Waals surface area contributed by atoms with Crippen LogP contribution < -0.4 is 10.9 Å². The van der Waals surface area contributed by atoms with Crippen LogP contribution in [0.15, 0.2) is 223 Å². The van der Waals surface area contributed by atoms with Gasteiger partial charge >= 0.3 is 11.9 Å². The maximum atomic E-state index is 12.4. The number of aryl methyl sites for hydroxylation is 1. The van der Waals surface area contributed by atoms with E-state index in [0.717, 1.165) is 67.1 Å². The first-order valence-electron chi connectivity index (χ1n) is 20.8. The molecule has 0 radical (unpaired) electrons. The van der Waals surface area contributed by atoms with E-state index in [9.17, 15) is 19.2 Å². The number of benzene rings is 8. The summed E-state index contributed by atoms with van der Waals surface area (Å²) in [5.74, 6) is -2.66. The fourth-order valence-electron chi connectivity index (χ4n) is 6.11.